The van der Waals surface area contributed by atoms with Crippen LogP contribution in [0.3, 0.4) is 0 Å². The Kier molecular flexibility index (Phi) is 8.96. The molecule has 7 nitrogen and oxygen atoms in total. The van der Waals surface area contributed by atoms with E-state index < -0.39 is 26.3 Å². The second-order valence-corrected chi connectivity index (χ2v) is 11.8. The zero-order valence-electron chi connectivity index (χ0n) is 22.2. The van der Waals surface area contributed by atoms with E-state index in [1.807, 2.05) is 19.2 Å². The Hall–Kier alpha value is -2.97. The first-order valence-corrected chi connectivity index (χ1v) is 14.6. The van der Waals surface area contributed by atoms with Crippen LogP contribution in [-0.2, 0) is 28.6 Å². The van der Waals surface area contributed by atoms with Crippen LogP contribution < -0.4 is 5.73 Å². The lowest BCUT2D eigenvalue weighted by atomic mass is 9.97. The molecule has 39 heavy (non-hydrogen) atoms. The highest BCUT2D eigenvalue weighted by molar-refractivity contribution is 7.53. The first-order chi connectivity index (χ1) is 18.4. The molecule has 0 atom stereocenters. The predicted octanol–water partition coefficient (Wildman–Crippen LogP) is 6.27. The molecule has 0 spiro atoms. The van der Waals surface area contributed by atoms with Gasteiger partial charge in [0.05, 0.1) is 12.1 Å². The molecule has 0 aliphatic heterocycles. The number of aromatic nitrogens is 2. The van der Waals surface area contributed by atoms with Crippen LogP contribution in [-0.4, -0.2) is 38.6 Å². The molecule has 0 unspecified atom stereocenters. The smallest absolute Gasteiger partial charge is 0.382 e. The summed E-state index contributed by atoms with van der Waals surface area (Å²) in [5.74, 6) is 0.439. The van der Waals surface area contributed by atoms with Gasteiger partial charge in [-0.3, -0.25) is 9.55 Å². The first kappa shape index (κ1) is 29.0. The van der Waals surface area contributed by atoms with Crippen molar-refractivity contribution in [2.45, 2.75) is 58.0 Å². The number of aryl methyl sites for hydroxylation is 5. The van der Waals surface area contributed by atoms with Crippen LogP contribution in [0.4, 0.5) is 14.6 Å². The molecule has 208 valence electrons. The molecule has 0 aliphatic rings. The Morgan fingerprint density at radius 2 is 1.74 bits per heavy atom. The number of fused-ring (bicyclic) bond motifs is 3. The molecular weight excluding hydrogens is 523 g/mol. The summed E-state index contributed by atoms with van der Waals surface area (Å²) >= 11 is 0. The molecule has 0 bridgehead atoms. The number of nitrogen functional groups attached to an aromatic ring is 1. The van der Waals surface area contributed by atoms with E-state index in [-0.39, 0.29) is 6.61 Å². The summed E-state index contributed by atoms with van der Waals surface area (Å²) in [6, 6.07) is 14.8. The molecule has 0 saturated heterocycles. The second-order valence-electron chi connectivity index (χ2n) is 10.0. The lowest BCUT2D eigenvalue weighted by molar-refractivity contribution is 0.0142. The van der Waals surface area contributed by atoms with Gasteiger partial charge in [-0.15, -0.1) is 0 Å². The number of pyridine rings is 2. The molecule has 2 heterocycles. The maximum Gasteiger partial charge on any atom is 0.394 e. The van der Waals surface area contributed by atoms with Gasteiger partial charge < -0.3 is 20.3 Å². The molecule has 2 aromatic carbocycles. The summed E-state index contributed by atoms with van der Waals surface area (Å²) in [5.41, 5.74) is 9.68. The average molecular weight is 558 g/mol. The van der Waals surface area contributed by atoms with Crippen molar-refractivity contribution in [3.05, 3.63) is 76.5 Å². The van der Waals surface area contributed by atoms with E-state index in [1.165, 1.54) is 16.7 Å². The Morgan fingerprint density at radius 1 is 0.949 bits per heavy atom. The third-order valence-electron chi connectivity index (χ3n) is 6.94. The Bertz CT molecular complexity index is 1520. The molecule has 10 heteroatoms. The SMILES string of the molecule is Cc1ccc2c(c1)nc(N)c1ncc(CCc3ccc(CCCCOCCC(F)(F)P(=O)(O)O)cc3C)cc12. The van der Waals surface area contributed by atoms with Gasteiger partial charge in [0, 0.05) is 30.0 Å². The summed E-state index contributed by atoms with van der Waals surface area (Å²) in [7, 11) is -5.45. The molecule has 4 rings (SSSR count). The van der Waals surface area contributed by atoms with Gasteiger partial charge in [-0.05, 0) is 85.9 Å². The number of unbranched alkanes of at least 4 members (excludes halogenated alkanes) is 1. The summed E-state index contributed by atoms with van der Waals surface area (Å²) < 4.78 is 42.4. The van der Waals surface area contributed by atoms with Crippen LogP contribution in [0.2, 0.25) is 0 Å². The van der Waals surface area contributed by atoms with Gasteiger partial charge in [0.15, 0.2) is 5.82 Å². The monoisotopic (exact) mass is 557 g/mol. The molecule has 0 saturated carbocycles. The van der Waals surface area contributed by atoms with Gasteiger partial charge >= 0.3 is 13.3 Å². The molecule has 4 aromatic rings. The molecule has 0 amide bonds. The maximum absolute atomic E-state index is 13.2. The van der Waals surface area contributed by atoms with E-state index in [0.717, 1.165) is 58.6 Å². The number of hydrogen-bond acceptors (Lipinski definition) is 5. The number of benzene rings is 2. The van der Waals surface area contributed by atoms with Gasteiger partial charge in [-0.1, -0.05) is 30.3 Å². The van der Waals surface area contributed by atoms with Gasteiger partial charge in [0.2, 0.25) is 0 Å². The van der Waals surface area contributed by atoms with Crippen molar-refractivity contribution in [3.63, 3.8) is 0 Å². The van der Waals surface area contributed by atoms with Gasteiger partial charge in [-0.2, -0.15) is 8.78 Å². The van der Waals surface area contributed by atoms with E-state index in [0.29, 0.717) is 12.2 Å². The van der Waals surface area contributed by atoms with Crippen LogP contribution in [0.15, 0.2) is 48.7 Å². The van der Waals surface area contributed by atoms with Crippen molar-refractivity contribution in [2.75, 3.05) is 18.9 Å². The fourth-order valence-electron chi connectivity index (χ4n) is 4.65. The minimum absolute atomic E-state index is 0.269. The largest absolute Gasteiger partial charge is 0.394 e. The molecule has 0 aliphatic carbocycles. The van der Waals surface area contributed by atoms with E-state index in [1.54, 1.807) is 0 Å². The third-order valence-corrected chi connectivity index (χ3v) is 8.01. The van der Waals surface area contributed by atoms with Crippen LogP contribution in [0.5, 0.6) is 0 Å². The molecule has 2 aromatic heterocycles. The third kappa shape index (κ3) is 7.17. The van der Waals surface area contributed by atoms with Crippen molar-refractivity contribution in [3.8, 4) is 0 Å². The fourth-order valence-corrected chi connectivity index (χ4v) is 5.03. The Labute approximate surface area is 226 Å². The lowest BCUT2D eigenvalue weighted by Gasteiger charge is -2.17. The number of halogens is 2. The minimum atomic E-state index is -5.45. The lowest BCUT2D eigenvalue weighted by Crippen LogP contribution is -2.19. The summed E-state index contributed by atoms with van der Waals surface area (Å²) in [5, 5.41) is 2.06. The summed E-state index contributed by atoms with van der Waals surface area (Å²) in [6.45, 7) is 4.01. The van der Waals surface area contributed by atoms with Crippen LogP contribution in [0.25, 0.3) is 21.8 Å². The molecule has 0 fully saturated rings. The van der Waals surface area contributed by atoms with Crippen molar-refractivity contribution in [2.24, 2.45) is 0 Å². The van der Waals surface area contributed by atoms with Crippen molar-refractivity contribution in [1.82, 2.24) is 9.97 Å². The zero-order valence-corrected chi connectivity index (χ0v) is 23.1. The van der Waals surface area contributed by atoms with E-state index in [2.05, 4.69) is 53.3 Å². The number of nitrogens with zero attached hydrogens (tertiary/aromatic N) is 2. The summed E-state index contributed by atoms with van der Waals surface area (Å²) in [6.07, 6.45) is 4.93. The molecule has 0 radical (unpaired) electrons. The van der Waals surface area contributed by atoms with Crippen molar-refractivity contribution in [1.29, 1.82) is 0 Å². The first-order valence-electron chi connectivity index (χ1n) is 13.0. The minimum Gasteiger partial charge on any atom is -0.382 e. The molecular formula is C29H34F2N3O4P. The number of nitrogens with two attached hydrogens (primary N) is 1. The number of rotatable bonds is 12. The predicted molar refractivity (Wildman–Crippen MR) is 150 cm³/mol. The van der Waals surface area contributed by atoms with Crippen LogP contribution in [0.1, 0.15) is 47.1 Å². The average Bonchev–Trinajstić information content (AvgIpc) is 2.86. The number of hydrogen-bond donors (Lipinski definition) is 3. The quantitative estimate of drug-likeness (QED) is 0.107. The Morgan fingerprint density at radius 3 is 2.49 bits per heavy atom. The summed E-state index contributed by atoms with van der Waals surface area (Å²) in [4.78, 5) is 26.4. The van der Waals surface area contributed by atoms with Crippen LogP contribution in [0, 0.1) is 13.8 Å². The topological polar surface area (TPSA) is 119 Å². The highest BCUT2D eigenvalue weighted by Crippen LogP contribution is 2.54. The second kappa shape index (κ2) is 12.0. The van der Waals surface area contributed by atoms with Gasteiger partial charge in [0.1, 0.15) is 5.52 Å². The van der Waals surface area contributed by atoms with Gasteiger partial charge in [0.25, 0.3) is 0 Å². The zero-order chi connectivity index (χ0) is 28.2. The van der Waals surface area contributed by atoms with Crippen LogP contribution >= 0.6 is 7.60 Å². The highest BCUT2D eigenvalue weighted by Gasteiger charge is 2.47. The highest BCUT2D eigenvalue weighted by atomic mass is 31.2. The maximum atomic E-state index is 13.2. The van der Waals surface area contributed by atoms with E-state index >= 15 is 0 Å². The normalized spacial score (nSPS) is 12.5. The number of alkyl halides is 2. The van der Waals surface area contributed by atoms with E-state index in [9.17, 15) is 13.3 Å². The van der Waals surface area contributed by atoms with E-state index in [4.69, 9.17) is 20.3 Å². The number of ether oxygens (including phenoxy) is 1. The Balaban J connectivity index is 1.28. The van der Waals surface area contributed by atoms with Crippen molar-refractivity contribution >= 4 is 35.2 Å². The fraction of sp³-hybridized carbons (Fsp3) is 0.379. The molecule has 4 N–H and O–H groups in total. The number of anilines is 1. The van der Waals surface area contributed by atoms with Crippen molar-refractivity contribution < 1.29 is 27.9 Å². The standard InChI is InChI=1S/C29H34F2N3O4P/c1-19-6-11-24-25-17-22(18-33-27(25)28(32)34-26(24)15-19)8-10-23-9-7-21(16-20(23)2)5-3-4-13-38-14-12-29(30,31)39(35,36)37/h6-7,9,11,15-18H,3-5,8,10,12-14H2,1-2H3,(H2,32,34)(H2,35,36,37). The van der Waals surface area contributed by atoms with Gasteiger partial charge in [-0.25, -0.2) is 4.98 Å².